The van der Waals surface area contributed by atoms with Crippen molar-refractivity contribution in [3.05, 3.63) is 29.8 Å². The summed E-state index contributed by atoms with van der Waals surface area (Å²) in [4.78, 5) is 12.8. The minimum atomic E-state index is -3.47. The van der Waals surface area contributed by atoms with Crippen LogP contribution < -0.4 is 5.32 Å². The Balaban J connectivity index is 1.11. The van der Waals surface area contributed by atoms with Gasteiger partial charge in [-0.15, -0.1) is 0 Å². The molecule has 1 saturated heterocycles. The molecule has 6 rings (SSSR count). The van der Waals surface area contributed by atoms with E-state index in [1.165, 1.54) is 42.8 Å². The third-order valence-corrected chi connectivity index (χ3v) is 9.91. The summed E-state index contributed by atoms with van der Waals surface area (Å²) in [6, 6.07) is 6.99. The molecule has 1 aromatic rings. The van der Waals surface area contributed by atoms with Crippen LogP contribution >= 0.6 is 0 Å². The van der Waals surface area contributed by atoms with Gasteiger partial charge >= 0.3 is 0 Å². The molecule has 170 valence electrons. The second-order valence-electron chi connectivity index (χ2n) is 10.4. The first kappa shape index (κ1) is 21.4. The van der Waals surface area contributed by atoms with Gasteiger partial charge in [-0.2, -0.15) is 4.31 Å². The Morgan fingerprint density at radius 3 is 2.16 bits per heavy atom. The molecule has 1 aliphatic heterocycles. The molecule has 5 aliphatic rings. The third kappa shape index (κ3) is 4.55. The largest absolute Gasteiger partial charge is 0.379 e. The van der Waals surface area contributed by atoms with Crippen molar-refractivity contribution in [3.8, 4) is 0 Å². The van der Waals surface area contributed by atoms with E-state index in [1.54, 1.807) is 12.1 Å². The van der Waals surface area contributed by atoms with E-state index in [-0.39, 0.29) is 5.91 Å². The Morgan fingerprint density at radius 2 is 1.58 bits per heavy atom. The van der Waals surface area contributed by atoms with Gasteiger partial charge < -0.3 is 10.1 Å². The Morgan fingerprint density at radius 1 is 1.00 bits per heavy atom. The minimum absolute atomic E-state index is 0.112. The smallest absolute Gasteiger partial charge is 0.243 e. The molecule has 4 saturated carbocycles. The number of nitrogens with one attached hydrogen (secondary N) is 1. The molecule has 1 aromatic carbocycles. The maximum atomic E-state index is 12.7. The van der Waals surface area contributed by atoms with E-state index in [0.29, 0.717) is 49.5 Å². The average molecular weight is 447 g/mol. The molecule has 5 fully saturated rings. The van der Waals surface area contributed by atoms with Gasteiger partial charge in [-0.25, -0.2) is 8.42 Å². The number of hydrogen-bond acceptors (Lipinski definition) is 4. The predicted octanol–water partition coefficient (Wildman–Crippen LogP) is 2.97. The highest BCUT2D eigenvalue weighted by Crippen LogP contribution is 2.59. The van der Waals surface area contributed by atoms with Crippen LogP contribution in [0.4, 0.5) is 0 Å². The van der Waals surface area contributed by atoms with Crippen molar-refractivity contribution in [2.45, 2.75) is 56.3 Å². The van der Waals surface area contributed by atoms with Crippen LogP contribution in [-0.4, -0.2) is 51.5 Å². The first-order valence-corrected chi connectivity index (χ1v) is 13.3. The molecule has 1 N–H and O–H groups in total. The summed E-state index contributed by atoms with van der Waals surface area (Å²) in [6.07, 6.45) is 9.25. The Bertz CT molecular complexity index is 871. The number of morpholine rings is 1. The maximum absolute atomic E-state index is 12.7. The predicted molar refractivity (Wildman–Crippen MR) is 118 cm³/mol. The fourth-order valence-electron chi connectivity index (χ4n) is 6.90. The summed E-state index contributed by atoms with van der Waals surface area (Å²) in [7, 11) is -3.47. The number of sulfonamides is 1. The number of hydrogen-bond donors (Lipinski definition) is 1. The Labute approximate surface area is 185 Å². The zero-order valence-electron chi connectivity index (χ0n) is 18.2. The number of rotatable bonds is 7. The number of nitrogens with zero attached hydrogens (tertiary/aromatic N) is 1. The van der Waals surface area contributed by atoms with Crippen LogP contribution in [0.3, 0.4) is 0 Å². The van der Waals surface area contributed by atoms with E-state index in [0.717, 1.165) is 29.9 Å². The summed E-state index contributed by atoms with van der Waals surface area (Å²) in [5, 5.41) is 3.24. The number of aryl methyl sites for hydroxylation is 1. The molecule has 0 radical (unpaired) electrons. The number of benzene rings is 1. The molecule has 31 heavy (non-hydrogen) atoms. The highest BCUT2D eigenvalue weighted by Gasteiger charge is 2.50. The molecule has 6 nitrogen and oxygen atoms in total. The van der Waals surface area contributed by atoms with E-state index < -0.39 is 10.0 Å². The Kier molecular flexibility index (Phi) is 5.86. The first-order chi connectivity index (χ1) is 14.9. The van der Waals surface area contributed by atoms with Gasteiger partial charge in [0, 0.05) is 26.1 Å². The lowest BCUT2D eigenvalue weighted by molar-refractivity contribution is -0.123. The van der Waals surface area contributed by atoms with Gasteiger partial charge in [0.15, 0.2) is 0 Å². The van der Waals surface area contributed by atoms with Gasteiger partial charge in [0.1, 0.15) is 0 Å². The average Bonchev–Trinajstić information content (AvgIpc) is 2.76. The summed E-state index contributed by atoms with van der Waals surface area (Å²) >= 11 is 0. The topological polar surface area (TPSA) is 75.7 Å². The van der Waals surface area contributed by atoms with Gasteiger partial charge in [-0.1, -0.05) is 12.1 Å². The van der Waals surface area contributed by atoms with E-state index in [4.69, 9.17) is 4.74 Å². The van der Waals surface area contributed by atoms with Crippen molar-refractivity contribution in [3.63, 3.8) is 0 Å². The van der Waals surface area contributed by atoms with Crippen LogP contribution in [0.25, 0.3) is 0 Å². The van der Waals surface area contributed by atoms with Crippen molar-refractivity contribution in [2.75, 3.05) is 32.8 Å². The van der Waals surface area contributed by atoms with Crippen molar-refractivity contribution in [1.29, 1.82) is 0 Å². The molecule has 1 heterocycles. The van der Waals surface area contributed by atoms with Gasteiger partial charge in [-0.05, 0) is 85.8 Å². The quantitative estimate of drug-likeness (QED) is 0.699. The number of carbonyl (C=O) groups excluding carboxylic acids is 1. The second-order valence-corrected chi connectivity index (χ2v) is 12.3. The van der Waals surface area contributed by atoms with E-state index in [2.05, 4.69) is 5.32 Å². The lowest BCUT2D eigenvalue weighted by Gasteiger charge is -2.56. The van der Waals surface area contributed by atoms with Crippen molar-refractivity contribution in [2.24, 2.45) is 23.2 Å². The van der Waals surface area contributed by atoms with Crippen molar-refractivity contribution < 1.29 is 17.9 Å². The molecule has 4 bridgehead atoms. The summed E-state index contributed by atoms with van der Waals surface area (Å²) in [6.45, 7) is 2.51. The highest BCUT2D eigenvalue weighted by molar-refractivity contribution is 7.89. The molecular weight excluding hydrogens is 412 g/mol. The normalized spacial score (nSPS) is 32.8. The number of ether oxygens (including phenoxy) is 1. The fraction of sp³-hybridized carbons (Fsp3) is 0.708. The summed E-state index contributed by atoms with van der Waals surface area (Å²) in [5.41, 5.74) is 1.35. The van der Waals surface area contributed by atoms with Crippen molar-refractivity contribution >= 4 is 15.9 Å². The molecular formula is C24H34N2O4S. The Hall–Kier alpha value is -1.44. The first-order valence-electron chi connectivity index (χ1n) is 11.9. The monoisotopic (exact) mass is 446 g/mol. The van der Waals surface area contributed by atoms with Crippen molar-refractivity contribution in [1.82, 2.24) is 9.62 Å². The SMILES string of the molecule is O=C(CCc1ccc(S(=O)(=O)N2CCOCC2)cc1)NCC12CC3CC(CC(C3)C1)C2. The minimum Gasteiger partial charge on any atom is -0.379 e. The van der Waals surface area contributed by atoms with Gasteiger partial charge in [0.05, 0.1) is 18.1 Å². The third-order valence-electron chi connectivity index (χ3n) is 8.00. The zero-order chi connectivity index (χ0) is 21.5. The lowest BCUT2D eigenvalue weighted by Crippen LogP contribution is -2.51. The van der Waals surface area contributed by atoms with Gasteiger partial charge in [0.2, 0.25) is 15.9 Å². The standard InChI is InChI=1S/C24H34N2O4S/c27-23(25-17-24-14-19-11-20(15-24)13-21(12-19)16-24)6-3-18-1-4-22(5-2-18)31(28,29)26-7-9-30-10-8-26/h1-2,4-5,19-21H,3,6-17H2,(H,25,27). The zero-order valence-corrected chi connectivity index (χ0v) is 19.0. The van der Waals surface area contributed by atoms with Gasteiger partial charge in [-0.3, -0.25) is 4.79 Å². The summed E-state index contributed by atoms with van der Waals surface area (Å²) in [5.74, 6) is 2.81. The molecule has 4 aliphatic carbocycles. The van der Waals surface area contributed by atoms with Crippen LogP contribution in [0.5, 0.6) is 0 Å². The van der Waals surface area contributed by atoms with E-state index in [9.17, 15) is 13.2 Å². The number of amides is 1. The van der Waals surface area contributed by atoms with E-state index >= 15 is 0 Å². The lowest BCUT2D eigenvalue weighted by atomic mass is 9.49. The van der Waals surface area contributed by atoms with Crippen LogP contribution in [0, 0.1) is 23.2 Å². The van der Waals surface area contributed by atoms with Crippen LogP contribution in [0.2, 0.25) is 0 Å². The molecule has 0 aromatic heterocycles. The summed E-state index contributed by atoms with van der Waals surface area (Å²) < 4.78 is 32.2. The highest BCUT2D eigenvalue weighted by atomic mass is 32.2. The molecule has 7 heteroatoms. The molecule has 0 atom stereocenters. The van der Waals surface area contributed by atoms with Crippen LogP contribution in [-0.2, 0) is 26.0 Å². The van der Waals surface area contributed by atoms with Crippen LogP contribution in [0.1, 0.15) is 50.5 Å². The molecule has 0 unspecified atom stereocenters. The van der Waals surface area contributed by atoms with Crippen LogP contribution in [0.15, 0.2) is 29.2 Å². The second kappa shape index (κ2) is 8.49. The number of carbonyl (C=O) groups is 1. The maximum Gasteiger partial charge on any atom is 0.243 e. The van der Waals surface area contributed by atoms with E-state index in [1.807, 2.05) is 12.1 Å². The molecule has 0 spiro atoms. The van der Waals surface area contributed by atoms with Gasteiger partial charge in [0.25, 0.3) is 0 Å². The fourth-order valence-corrected chi connectivity index (χ4v) is 8.31. The molecule has 1 amide bonds.